The van der Waals surface area contributed by atoms with Crippen LogP contribution in [0.5, 0.6) is 0 Å². The number of para-hydroxylation sites is 1. The molecule has 104 valence electrons. The topological polar surface area (TPSA) is 84.3 Å². The van der Waals surface area contributed by atoms with Gasteiger partial charge < -0.3 is 10.6 Å². The second-order valence-corrected chi connectivity index (χ2v) is 4.16. The summed E-state index contributed by atoms with van der Waals surface area (Å²) in [6, 6.07) is 6.30. The van der Waals surface area contributed by atoms with Crippen LogP contribution in [0.15, 0.2) is 24.3 Å². The average Bonchev–Trinajstić information content (AvgIpc) is 2.39. The third kappa shape index (κ3) is 5.48. The number of nitrogens with zero attached hydrogens (tertiary/aromatic N) is 1. The molecule has 0 aliphatic heterocycles. The van der Waals surface area contributed by atoms with Gasteiger partial charge in [-0.1, -0.05) is 25.1 Å². The van der Waals surface area contributed by atoms with E-state index in [4.69, 9.17) is 0 Å². The first kappa shape index (κ1) is 15.1. The molecule has 0 heterocycles. The normalized spacial score (nSPS) is 10.2. The van der Waals surface area contributed by atoms with E-state index in [-0.39, 0.29) is 18.0 Å². The highest BCUT2D eigenvalue weighted by molar-refractivity contribution is 5.79. The van der Waals surface area contributed by atoms with Crippen LogP contribution in [-0.4, -0.2) is 30.5 Å². The minimum atomic E-state index is -0.467. The van der Waals surface area contributed by atoms with Gasteiger partial charge in [0, 0.05) is 24.7 Å². The molecule has 0 saturated carbocycles. The maximum atomic E-state index is 11.7. The summed E-state index contributed by atoms with van der Waals surface area (Å²) in [5, 5.41) is 16.7. The number of hydrogen-bond acceptors (Lipinski definition) is 4. The minimum Gasteiger partial charge on any atom is -0.355 e. The van der Waals surface area contributed by atoms with Gasteiger partial charge in [-0.25, -0.2) is 0 Å². The lowest BCUT2D eigenvalue weighted by molar-refractivity contribution is -0.385. The van der Waals surface area contributed by atoms with Crippen LogP contribution in [0.4, 0.5) is 5.69 Å². The number of amides is 1. The van der Waals surface area contributed by atoms with Crippen molar-refractivity contribution in [1.29, 1.82) is 0 Å². The predicted molar refractivity (Wildman–Crippen MR) is 73.0 cm³/mol. The summed E-state index contributed by atoms with van der Waals surface area (Å²) in [5.74, 6) is -0.201. The Kier molecular flexibility index (Phi) is 6.52. The van der Waals surface area contributed by atoms with E-state index in [1.54, 1.807) is 18.2 Å². The van der Waals surface area contributed by atoms with E-state index in [0.717, 1.165) is 13.0 Å². The van der Waals surface area contributed by atoms with Gasteiger partial charge in [0.25, 0.3) is 5.69 Å². The van der Waals surface area contributed by atoms with Crippen LogP contribution < -0.4 is 10.6 Å². The zero-order valence-electron chi connectivity index (χ0n) is 11.0. The van der Waals surface area contributed by atoms with E-state index in [1.165, 1.54) is 6.07 Å². The van der Waals surface area contributed by atoms with Gasteiger partial charge in [0.2, 0.25) is 5.91 Å². The number of hydrogen-bond donors (Lipinski definition) is 2. The molecule has 6 heteroatoms. The lowest BCUT2D eigenvalue weighted by atomic mass is 10.1. The predicted octanol–water partition coefficient (Wildman–Crippen LogP) is 1.25. The van der Waals surface area contributed by atoms with Crippen LogP contribution in [0.1, 0.15) is 18.9 Å². The van der Waals surface area contributed by atoms with E-state index in [0.29, 0.717) is 18.7 Å². The molecule has 1 amide bonds. The highest BCUT2D eigenvalue weighted by atomic mass is 16.6. The first-order valence-electron chi connectivity index (χ1n) is 6.35. The summed E-state index contributed by atoms with van der Waals surface area (Å²) in [6.45, 7) is 4.22. The molecule has 1 aromatic carbocycles. The van der Waals surface area contributed by atoms with E-state index in [2.05, 4.69) is 17.6 Å². The van der Waals surface area contributed by atoms with E-state index >= 15 is 0 Å². The third-order valence-electron chi connectivity index (χ3n) is 2.59. The summed E-state index contributed by atoms with van der Waals surface area (Å²) in [5.41, 5.74) is 0.424. The molecule has 19 heavy (non-hydrogen) atoms. The van der Waals surface area contributed by atoms with Crippen molar-refractivity contribution < 1.29 is 9.72 Å². The molecule has 0 atom stereocenters. The van der Waals surface area contributed by atoms with Crippen LogP contribution in [-0.2, 0) is 11.2 Å². The fraction of sp³-hybridized carbons (Fsp3) is 0.462. The Morgan fingerprint density at radius 1 is 1.26 bits per heavy atom. The molecule has 0 saturated heterocycles. The quantitative estimate of drug-likeness (QED) is 0.421. The number of carbonyl (C=O) groups excluding carboxylic acids is 1. The molecule has 1 aromatic rings. The lowest BCUT2D eigenvalue weighted by Crippen LogP contribution is -2.33. The standard InChI is InChI=1S/C13H19N3O3/c1-2-7-14-8-9-15-13(17)10-11-5-3-4-6-12(11)16(18)19/h3-6,14H,2,7-10H2,1H3,(H,15,17). The Balaban J connectivity index is 2.42. The second kappa shape index (κ2) is 8.20. The zero-order chi connectivity index (χ0) is 14.1. The van der Waals surface area contributed by atoms with Crippen molar-refractivity contribution >= 4 is 11.6 Å². The van der Waals surface area contributed by atoms with Gasteiger partial charge in [-0.15, -0.1) is 0 Å². The van der Waals surface area contributed by atoms with Crippen LogP contribution >= 0.6 is 0 Å². The van der Waals surface area contributed by atoms with Crippen molar-refractivity contribution in [2.75, 3.05) is 19.6 Å². The van der Waals surface area contributed by atoms with Crippen LogP contribution in [0.25, 0.3) is 0 Å². The van der Waals surface area contributed by atoms with Crippen LogP contribution in [0, 0.1) is 10.1 Å². The van der Waals surface area contributed by atoms with Crippen molar-refractivity contribution in [1.82, 2.24) is 10.6 Å². The Morgan fingerprint density at radius 3 is 2.68 bits per heavy atom. The fourth-order valence-electron chi connectivity index (χ4n) is 1.67. The number of nitro benzene ring substituents is 1. The number of nitrogens with one attached hydrogen (secondary N) is 2. The zero-order valence-corrected chi connectivity index (χ0v) is 11.0. The summed E-state index contributed by atoms with van der Waals surface area (Å²) in [6.07, 6.45) is 1.08. The van der Waals surface area contributed by atoms with Crippen molar-refractivity contribution in [3.05, 3.63) is 39.9 Å². The van der Waals surface area contributed by atoms with Gasteiger partial charge in [0.05, 0.1) is 11.3 Å². The van der Waals surface area contributed by atoms with Crippen molar-refractivity contribution in [3.8, 4) is 0 Å². The summed E-state index contributed by atoms with van der Waals surface area (Å²) >= 11 is 0. The van der Waals surface area contributed by atoms with E-state index < -0.39 is 4.92 Å². The van der Waals surface area contributed by atoms with Crippen LogP contribution in [0.2, 0.25) is 0 Å². The molecule has 0 unspecified atom stereocenters. The molecule has 0 aromatic heterocycles. The van der Waals surface area contributed by atoms with Gasteiger partial charge in [0.15, 0.2) is 0 Å². The van der Waals surface area contributed by atoms with E-state index in [1.807, 2.05) is 0 Å². The van der Waals surface area contributed by atoms with Gasteiger partial charge in [-0.05, 0) is 13.0 Å². The van der Waals surface area contributed by atoms with Gasteiger partial charge in [-0.2, -0.15) is 0 Å². The Hall–Kier alpha value is -1.95. The summed E-state index contributed by atoms with van der Waals surface area (Å²) < 4.78 is 0. The fourth-order valence-corrected chi connectivity index (χ4v) is 1.67. The molecule has 0 bridgehead atoms. The van der Waals surface area contributed by atoms with Crippen molar-refractivity contribution in [3.63, 3.8) is 0 Å². The SMILES string of the molecule is CCCNCCNC(=O)Cc1ccccc1[N+](=O)[O-]. The van der Waals surface area contributed by atoms with Crippen molar-refractivity contribution in [2.24, 2.45) is 0 Å². The van der Waals surface area contributed by atoms with Crippen LogP contribution in [0.3, 0.4) is 0 Å². The smallest absolute Gasteiger partial charge is 0.273 e. The molecule has 0 fully saturated rings. The maximum Gasteiger partial charge on any atom is 0.273 e. The van der Waals surface area contributed by atoms with Gasteiger partial charge in [-0.3, -0.25) is 14.9 Å². The molecule has 0 aliphatic rings. The lowest BCUT2D eigenvalue weighted by Gasteiger charge is -2.06. The number of rotatable bonds is 8. The average molecular weight is 265 g/mol. The monoisotopic (exact) mass is 265 g/mol. The molecule has 0 aliphatic carbocycles. The molecule has 6 nitrogen and oxygen atoms in total. The Labute approximate surface area is 112 Å². The van der Waals surface area contributed by atoms with Gasteiger partial charge >= 0.3 is 0 Å². The number of carbonyl (C=O) groups is 1. The Bertz CT molecular complexity index is 435. The molecule has 1 rings (SSSR count). The highest BCUT2D eigenvalue weighted by Crippen LogP contribution is 2.17. The first-order chi connectivity index (χ1) is 9.15. The van der Waals surface area contributed by atoms with Crippen molar-refractivity contribution in [2.45, 2.75) is 19.8 Å². The molecule has 2 N–H and O–H groups in total. The Morgan fingerprint density at radius 2 is 2.00 bits per heavy atom. The minimum absolute atomic E-state index is 0.0123. The molecule has 0 radical (unpaired) electrons. The molecular formula is C13H19N3O3. The van der Waals surface area contributed by atoms with E-state index in [9.17, 15) is 14.9 Å². The summed E-state index contributed by atoms with van der Waals surface area (Å²) in [7, 11) is 0. The second-order valence-electron chi connectivity index (χ2n) is 4.16. The first-order valence-corrected chi connectivity index (χ1v) is 6.35. The molecule has 0 spiro atoms. The third-order valence-corrected chi connectivity index (χ3v) is 2.59. The largest absolute Gasteiger partial charge is 0.355 e. The highest BCUT2D eigenvalue weighted by Gasteiger charge is 2.14. The maximum absolute atomic E-state index is 11.7. The molecular weight excluding hydrogens is 246 g/mol. The summed E-state index contributed by atoms with van der Waals surface area (Å²) in [4.78, 5) is 22.0. The number of benzene rings is 1. The number of nitro groups is 1. The van der Waals surface area contributed by atoms with Gasteiger partial charge in [0.1, 0.15) is 0 Å².